The van der Waals surface area contributed by atoms with E-state index in [1.165, 1.54) is 0 Å². The molecule has 0 saturated heterocycles. The van der Waals surface area contributed by atoms with Crippen LogP contribution < -0.4 is 5.73 Å². The van der Waals surface area contributed by atoms with Gasteiger partial charge in [0.1, 0.15) is 5.02 Å². The molecular weight excluding hydrogens is 214 g/mol. The van der Waals surface area contributed by atoms with Gasteiger partial charge in [0.2, 0.25) is 0 Å². The van der Waals surface area contributed by atoms with Crippen molar-refractivity contribution >= 4 is 17.4 Å². The molecule has 0 aliphatic heterocycles. The van der Waals surface area contributed by atoms with E-state index in [1.54, 1.807) is 10.9 Å². The molecular formula is C9H12ClN5. The number of nitrogens with two attached hydrogens (primary N) is 1. The summed E-state index contributed by atoms with van der Waals surface area (Å²) in [7, 11) is 1.91. The molecule has 2 rings (SSSR count). The first-order chi connectivity index (χ1) is 7.08. The zero-order valence-corrected chi connectivity index (χ0v) is 9.36. The third-order valence-corrected chi connectivity index (χ3v) is 2.70. The van der Waals surface area contributed by atoms with Crippen LogP contribution in [0.1, 0.15) is 11.3 Å². The molecule has 0 aromatic carbocycles. The number of rotatable bonds is 2. The fourth-order valence-corrected chi connectivity index (χ4v) is 1.52. The molecule has 5 nitrogen and oxygen atoms in total. The van der Waals surface area contributed by atoms with Gasteiger partial charge in [-0.05, 0) is 6.92 Å². The van der Waals surface area contributed by atoms with Gasteiger partial charge in [-0.3, -0.25) is 9.36 Å². The van der Waals surface area contributed by atoms with Crippen LogP contribution in [-0.4, -0.2) is 19.6 Å². The standard InChI is InChI=1S/C9H12ClN5/c1-6-7(3-12-14(6)2)4-15-5-8(10)9(11)13-15/h3,5H,4H2,1-2H3,(H2,11,13). The summed E-state index contributed by atoms with van der Waals surface area (Å²) in [5.41, 5.74) is 7.77. The Bertz CT molecular complexity index is 465. The average Bonchev–Trinajstić information content (AvgIpc) is 2.65. The predicted octanol–water partition coefficient (Wildman–Crippen LogP) is 1.21. The van der Waals surface area contributed by atoms with Crippen molar-refractivity contribution in [2.45, 2.75) is 13.5 Å². The molecule has 0 bridgehead atoms. The Balaban J connectivity index is 2.25. The fraction of sp³-hybridized carbons (Fsp3) is 0.333. The SMILES string of the molecule is Cc1c(Cn2cc(Cl)c(N)n2)cnn1C. The molecule has 0 radical (unpaired) electrons. The van der Waals surface area contributed by atoms with E-state index in [9.17, 15) is 0 Å². The van der Waals surface area contributed by atoms with E-state index < -0.39 is 0 Å². The first kappa shape index (κ1) is 10.0. The van der Waals surface area contributed by atoms with E-state index in [4.69, 9.17) is 17.3 Å². The van der Waals surface area contributed by atoms with Gasteiger partial charge in [0.15, 0.2) is 5.82 Å². The summed E-state index contributed by atoms with van der Waals surface area (Å²) in [6.45, 7) is 2.65. The van der Waals surface area contributed by atoms with Crippen LogP contribution in [0.5, 0.6) is 0 Å². The Morgan fingerprint density at radius 3 is 2.73 bits per heavy atom. The number of nitrogen functional groups attached to an aromatic ring is 1. The molecule has 2 N–H and O–H groups in total. The number of aryl methyl sites for hydroxylation is 1. The van der Waals surface area contributed by atoms with Crippen molar-refractivity contribution in [3.63, 3.8) is 0 Å². The van der Waals surface area contributed by atoms with Gasteiger partial charge in [-0.2, -0.15) is 10.2 Å². The third-order valence-electron chi connectivity index (χ3n) is 2.41. The van der Waals surface area contributed by atoms with Crippen molar-refractivity contribution in [3.05, 3.63) is 28.7 Å². The smallest absolute Gasteiger partial charge is 0.164 e. The molecule has 0 amide bonds. The van der Waals surface area contributed by atoms with Gasteiger partial charge in [-0.25, -0.2) is 0 Å². The Kier molecular flexibility index (Phi) is 2.40. The Labute approximate surface area is 92.4 Å². The molecule has 15 heavy (non-hydrogen) atoms. The number of aromatic nitrogens is 4. The molecule has 80 valence electrons. The quantitative estimate of drug-likeness (QED) is 0.836. The second-order valence-electron chi connectivity index (χ2n) is 3.44. The highest BCUT2D eigenvalue weighted by Gasteiger charge is 2.07. The predicted molar refractivity (Wildman–Crippen MR) is 58.7 cm³/mol. The molecule has 0 spiro atoms. The summed E-state index contributed by atoms with van der Waals surface area (Å²) in [6.07, 6.45) is 3.53. The molecule has 0 saturated carbocycles. The lowest BCUT2D eigenvalue weighted by molar-refractivity contribution is 0.681. The minimum absolute atomic E-state index is 0.359. The van der Waals surface area contributed by atoms with Crippen LogP contribution in [0.15, 0.2) is 12.4 Å². The van der Waals surface area contributed by atoms with Crippen LogP contribution in [0.3, 0.4) is 0 Å². The lowest BCUT2D eigenvalue weighted by atomic mass is 10.2. The third kappa shape index (κ3) is 1.83. The lowest BCUT2D eigenvalue weighted by Crippen LogP contribution is -2.02. The van der Waals surface area contributed by atoms with Crippen LogP contribution >= 0.6 is 11.6 Å². The Morgan fingerprint density at radius 1 is 1.53 bits per heavy atom. The zero-order chi connectivity index (χ0) is 11.0. The highest BCUT2D eigenvalue weighted by Crippen LogP contribution is 2.16. The van der Waals surface area contributed by atoms with Gasteiger partial charge in [0.05, 0.1) is 12.7 Å². The van der Waals surface area contributed by atoms with Gasteiger partial charge in [-0.1, -0.05) is 11.6 Å². The molecule has 2 heterocycles. The number of nitrogens with zero attached hydrogens (tertiary/aromatic N) is 4. The molecule has 6 heteroatoms. The van der Waals surface area contributed by atoms with Crippen LogP contribution in [0.25, 0.3) is 0 Å². The highest BCUT2D eigenvalue weighted by molar-refractivity contribution is 6.32. The highest BCUT2D eigenvalue weighted by atomic mass is 35.5. The monoisotopic (exact) mass is 225 g/mol. The second kappa shape index (κ2) is 3.58. The maximum absolute atomic E-state index is 5.81. The van der Waals surface area contributed by atoms with E-state index in [-0.39, 0.29) is 0 Å². The first-order valence-electron chi connectivity index (χ1n) is 4.54. The number of anilines is 1. The average molecular weight is 226 g/mol. The van der Waals surface area contributed by atoms with E-state index in [2.05, 4.69) is 10.2 Å². The van der Waals surface area contributed by atoms with Gasteiger partial charge in [0.25, 0.3) is 0 Å². The summed E-state index contributed by atoms with van der Waals surface area (Å²) in [4.78, 5) is 0. The van der Waals surface area contributed by atoms with Crippen LogP contribution in [0, 0.1) is 6.92 Å². The van der Waals surface area contributed by atoms with Gasteiger partial charge >= 0.3 is 0 Å². The van der Waals surface area contributed by atoms with Gasteiger partial charge < -0.3 is 5.73 Å². The van der Waals surface area contributed by atoms with Crippen molar-refractivity contribution in [2.24, 2.45) is 7.05 Å². The maximum atomic E-state index is 5.81. The second-order valence-corrected chi connectivity index (χ2v) is 3.85. The van der Waals surface area contributed by atoms with E-state index in [0.717, 1.165) is 11.3 Å². The summed E-state index contributed by atoms with van der Waals surface area (Å²) >= 11 is 5.81. The van der Waals surface area contributed by atoms with Crippen molar-refractivity contribution in [2.75, 3.05) is 5.73 Å². The fourth-order valence-electron chi connectivity index (χ4n) is 1.37. The summed E-state index contributed by atoms with van der Waals surface area (Å²) < 4.78 is 3.53. The maximum Gasteiger partial charge on any atom is 0.164 e. The summed E-state index contributed by atoms with van der Waals surface area (Å²) in [5, 5.41) is 8.72. The topological polar surface area (TPSA) is 61.7 Å². The normalized spacial score (nSPS) is 10.9. The number of hydrogen-bond donors (Lipinski definition) is 1. The van der Waals surface area contributed by atoms with Crippen molar-refractivity contribution in [3.8, 4) is 0 Å². The molecule has 2 aromatic heterocycles. The Morgan fingerprint density at radius 2 is 2.27 bits per heavy atom. The summed E-state index contributed by atoms with van der Waals surface area (Å²) in [6, 6.07) is 0. The molecule has 2 aromatic rings. The van der Waals surface area contributed by atoms with Crippen LogP contribution in [-0.2, 0) is 13.6 Å². The largest absolute Gasteiger partial charge is 0.381 e. The van der Waals surface area contributed by atoms with Gasteiger partial charge in [-0.15, -0.1) is 0 Å². The summed E-state index contributed by atoms with van der Waals surface area (Å²) in [5.74, 6) is 0.359. The van der Waals surface area contributed by atoms with Gasteiger partial charge in [0, 0.05) is 24.5 Å². The van der Waals surface area contributed by atoms with Crippen LogP contribution in [0.4, 0.5) is 5.82 Å². The molecule has 0 atom stereocenters. The molecule has 0 unspecified atom stereocenters. The first-order valence-corrected chi connectivity index (χ1v) is 4.91. The molecule has 0 aliphatic rings. The minimum Gasteiger partial charge on any atom is -0.381 e. The number of hydrogen-bond acceptors (Lipinski definition) is 3. The lowest BCUT2D eigenvalue weighted by Gasteiger charge is -2.00. The molecule has 0 aliphatic carbocycles. The van der Waals surface area contributed by atoms with E-state index >= 15 is 0 Å². The van der Waals surface area contributed by atoms with E-state index in [0.29, 0.717) is 17.4 Å². The zero-order valence-electron chi connectivity index (χ0n) is 8.61. The molecule has 0 fully saturated rings. The van der Waals surface area contributed by atoms with Crippen LogP contribution in [0.2, 0.25) is 5.02 Å². The van der Waals surface area contributed by atoms with E-state index in [1.807, 2.05) is 24.9 Å². The number of halogens is 1. The van der Waals surface area contributed by atoms with Crippen molar-refractivity contribution in [1.82, 2.24) is 19.6 Å². The van der Waals surface area contributed by atoms with Crippen molar-refractivity contribution in [1.29, 1.82) is 0 Å². The minimum atomic E-state index is 0.359. The Hall–Kier alpha value is -1.49. The van der Waals surface area contributed by atoms with Crippen molar-refractivity contribution < 1.29 is 0 Å².